The van der Waals surface area contributed by atoms with E-state index in [1.807, 2.05) is 18.5 Å². The Morgan fingerprint density at radius 1 is 1.11 bits per heavy atom. The van der Waals surface area contributed by atoms with Crippen molar-refractivity contribution in [1.29, 1.82) is 0 Å². The van der Waals surface area contributed by atoms with Crippen LogP contribution in [0.25, 0.3) is 32.9 Å². The maximum absolute atomic E-state index is 9.69. The number of aryl methyl sites for hydroxylation is 1. The Kier molecular flexibility index (Phi) is 3.80. The predicted molar refractivity (Wildman–Crippen MR) is 107 cm³/mol. The highest BCUT2D eigenvalue weighted by Gasteiger charge is 2.21. The van der Waals surface area contributed by atoms with Gasteiger partial charge in [0.25, 0.3) is 0 Å². The topological polar surface area (TPSA) is 55.2 Å². The Bertz CT molecular complexity index is 1170. The largest absolute Gasteiger partial charge is 0.493 e. The molecule has 1 aliphatic heterocycles. The fourth-order valence-electron chi connectivity index (χ4n) is 4.24. The summed E-state index contributed by atoms with van der Waals surface area (Å²) in [6, 6.07) is 12.4. The van der Waals surface area contributed by atoms with Crippen molar-refractivity contribution in [1.82, 2.24) is 9.97 Å². The molecule has 0 saturated heterocycles. The average molecular weight is 356 g/mol. The van der Waals surface area contributed by atoms with E-state index in [1.165, 1.54) is 5.56 Å². The summed E-state index contributed by atoms with van der Waals surface area (Å²) in [6.07, 6.45) is 5.21. The van der Waals surface area contributed by atoms with Crippen molar-refractivity contribution >= 4 is 21.8 Å². The molecule has 0 spiro atoms. The Morgan fingerprint density at radius 2 is 2.04 bits per heavy atom. The molecule has 0 aliphatic carbocycles. The van der Waals surface area contributed by atoms with Crippen molar-refractivity contribution < 1.29 is 9.84 Å². The van der Waals surface area contributed by atoms with Crippen LogP contribution in [0.2, 0.25) is 0 Å². The van der Waals surface area contributed by atoms with Crippen LogP contribution < -0.4 is 4.74 Å². The Morgan fingerprint density at radius 3 is 2.93 bits per heavy atom. The number of rotatable bonds is 3. The number of hydrogen-bond acceptors (Lipinski definition) is 4. The van der Waals surface area contributed by atoms with Crippen molar-refractivity contribution in [3.05, 3.63) is 65.5 Å². The molecule has 4 nitrogen and oxygen atoms in total. The van der Waals surface area contributed by atoms with Gasteiger partial charge in [0.15, 0.2) is 0 Å². The Hall–Kier alpha value is -2.98. The van der Waals surface area contributed by atoms with Crippen molar-refractivity contribution in [2.45, 2.75) is 19.8 Å². The lowest BCUT2D eigenvalue weighted by molar-refractivity contribution is 0.299. The van der Waals surface area contributed by atoms with E-state index in [4.69, 9.17) is 9.72 Å². The van der Waals surface area contributed by atoms with Crippen LogP contribution >= 0.6 is 0 Å². The molecule has 0 saturated carbocycles. The molecule has 4 heteroatoms. The van der Waals surface area contributed by atoms with E-state index in [-0.39, 0.29) is 6.61 Å². The number of hydrogen-bond donors (Lipinski definition) is 1. The molecule has 134 valence electrons. The van der Waals surface area contributed by atoms with Gasteiger partial charge < -0.3 is 9.84 Å². The molecule has 0 unspecified atom stereocenters. The van der Waals surface area contributed by atoms with Gasteiger partial charge >= 0.3 is 0 Å². The quantitative estimate of drug-likeness (QED) is 0.597. The average Bonchev–Trinajstić information content (AvgIpc) is 2.70. The third kappa shape index (κ3) is 2.48. The fourth-order valence-corrected chi connectivity index (χ4v) is 4.24. The lowest BCUT2D eigenvalue weighted by Gasteiger charge is -2.21. The molecule has 0 atom stereocenters. The van der Waals surface area contributed by atoms with Gasteiger partial charge in [-0.3, -0.25) is 9.97 Å². The zero-order valence-corrected chi connectivity index (χ0v) is 15.2. The summed E-state index contributed by atoms with van der Waals surface area (Å²) in [7, 11) is 0. The number of pyridine rings is 2. The van der Waals surface area contributed by atoms with Crippen LogP contribution in [-0.4, -0.2) is 28.3 Å². The lowest BCUT2D eigenvalue weighted by Crippen LogP contribution is -2.09. The normalized spacial score (nSPS) is 13.1. The van der Waals surface area contributed by atoms with Crippen molar-refractivity contribution in [3.63, 3.8) is 0 Å². The number of aromatic nitrogens is 2. The molecule has 0 bridgehead atoms. The zero-order chi connectivity index (χ0) is 18.4. The summed E-state index contributed by atoms with van der Waals surface area (Å²) in [5, 5.41) is 11.9. The van der Waals surface area contributed by atoms with E-state index in [9.17, 15) is 5.11 Å². The smallest absolute Gasteiger partial charge is 0.129 e. The number of aliphatic hydroxyl groups excluding tert-OH is 1. The van der Waals surface area contributed by atoms with Crippen LogP contribution in [0.4, 0.5) is 0 Å². The van der Waals surface area contributed by atoms with Gasteiger partial charge in [0.05, 0.1) is 17.6 Å². The molecule has 2 aromatic carbocycles. The summed E-state index contributed by atoms with van der Waals surface area (Å²) >= 11 is 0. The molecule has 2 aromatic heterocycles. The summed E-state index contributed by atoms with van der Waals surface area (Å²) in [4.78, 5) is 9.30. The number of benzene rings is 2. The van der Waals surface area contributed by atoms with Crippen molar-refractivity contribution in [2.75, 3.05) is 13.2 Å². The van der Waals surface area contributed by atoms with Crippen LogP contribution in [0, 0.1) is 6.92 Å². The molecular weight excluding hydrogens is 336 g/mol. The number of aliphatic hydroxyl groups is 1. The maximum Gasteiger partial charge on any atom is 0.129 e. The van der Waals surface area contributed by atoms with Gasteiger partial charge in [0.2, 0.25) is 0 Å². The van der Waals surface area contributed by atoms with E-state index >= 15 is 0 Å². The Balaban J connectivity index is 1.92. The second kappa shape index (κ2) is 6.32. The van der Waals surface area contributed by atoms with E-state index in [1.54, 1.807) is 0 Å². The first-order valence-electron chi connectivity index (χ1n) is 9.30. The standard InChI is InChI=1S/C23H20N2O2/c1-14-13-19-17(3-2-9-24-19)22(16(14)7-11-26)18-4-5-20-21-15(8-12-27-20)6-10-25-23(18)21/h2-6,9-10,13,26H,7-8,11-12H2,1H3. The first-order chi connectivity index (χ1) is 13.3. The summed E-state index contributed by atoms with van der Waals surface area (Å²) in [6.45, 7) is 2.90. The van der Waals surface area contributed by atoms with Gasteiger partial charge in [0, 0.05) is 41.8 Å². The first-order valence-corrected chi connectivity index (χ1v) is 9.30. The van der Waals surface area contributed by atoms with E-state index in [2.05, 4.69) is 42.2 Å². The molecule has 1 N–H and O–H groups in total. The molecule has 0 amide bonds. The van der Waals surface area contributed by atoms with Crippen LogP contribution in [0.15, 0.2) is 48.8 Å². The molecule has 0 radical (unpaired) electrons. The number of fused-ring (bicyclic) bond motifs is 1. The van der Waals surface area contributed by atoms with Crippen LogP contribution in [0.5, 0.6) is 5.75 Å². The first kappa shape index (κ1) is 16.2. The minimum absolute atomic E-state index is 0.109. The third-order valence-electron chi connectivity index (χ3n) is 5.44. The number of ether oxygens (including phenoxy) is 1. The van der Waals surface area contributed by atoms with E-state index in [0.29, 0.717) is 13.0 Å². The van der Waals surface area contributed by atoms with Gasteiger partial charge in [-0.1, -0.05) is 6.07 Å². The predicted octanol–water partition coefficient (Wildman–Crippen LogP) is 4.23. The minimum atomic E-state index is 0.109. The molecule has 4 aromatic rings. The van der Waals surface area contributed by atoms with Crippen molar-refractivity contribution in [2.24, 2.45) is 0 Å². The molecular formula is C23H20N2O2. The molecule has 0 fully saturated rings. The Labute approximate surface area is 157 Å². The minimum Gasteiger partial charge on any atom is -0.493 e. The molecule has 1 aliphatic rings. The lowest BCUT2D eigenvalue weighted by atomic mass is 9.88. The molecule has 27 heavy (non-hydrogen) atoms. The maximum atomic E-state index is 9.69. The van der Waals surface area contributed by atoms with Crippen LogP contribution in [0.3, 0.4) is 0 Å². The highest BCUT2D eigenvalue weighted by molar-refractivity contribution is 6.07. The second-order valence-electron chi connectivity index (χ2n) is 6.99. The second-order valence-corrected chi connectivity index (χ2v) is 6.99. The highest BCUT2D eigenvalue weighted by atomic mass is 16.5. The van der Waals surface area contributed by atoms with Gasteiger partial charge in [-0.2, -0.15) is 0 Å². The number of nitrogens with zero attached hydrogens (tertiary/aromatic N) is 2. The highest BCUT2D eigenvalue weighted by Crippen LogP contribution is 2.41. The zero-order valence-electron chi connectivity index (χ0n) is 15.2. The molecule has 3 heterocycles. The summed E-state index contributed by atoms with van der Waals surface area (Å²) in [5.41, 5.74) is 7.68. The van der Waals surface area contributed by atoms with Gasteiger partial charge in [0.1, 0.15) is 5.75 Å². The van der Waals surface area contributed by atoms with E-state index in [0.717, 1.165) is 56.2 Å². The SMILES string of the molecule is Cc1cc2ncccc2c(-c2ccc3c4c(ccnc24)CCO3)c1CCO. The van der Waals surface area contributed by atoms with Gasteiger partial charge in [-0.15, -0.1) is 0 Å². The van der Waals surface area contributed by atoms with Gasteiger partial charge in [-0.05, 0) is 65.9 Å². The van der Waals surface area contributed by atoms with Crippen LogP contribution in [0.1, 0.15) is 16.7 Å². The van der Waals surface area contributed by atoms with E-state index < -0.39 is 0 Å². The van der Waals surface area contributed by atoms with Gasteiger partial charge in [-0.25, -0.2) is 0 Å². The summed E-state index contributed by atoms with van der Waals surface area (Å²) < 4.78 is 5.88. The fraction of sp³-hybridized carbons (Fsp3) is 0.217. The monoisotopic (exact) mass is 356 g/mol. The van der Waals surface area contributed by atoms with Crippen molar-refractivity contribution in [3.8, 4) is 16.9 Å². The molecule has 5 rings (SSSR count). The summed E-state index contributed by atoms with van der Waals surface area (Å²) in [5.74, 6) is 0.905. The van der Waals surface area contributed by atoms with Crippen LogP contribution in [-0.2, 0) is 12.8 Å². The third-order valence-corrected chi connectivity index (χ3v) is 5.44.